The number of aromatic nitrogens is 1. The monoisotopic (exact) mass is 507 g/mol. The van der Waals surface area contributed by atoms with Crippen LogP contribution in [-0.4, -0.2) is 55.4 Å². The fourth-order valence-corrected chi connectivity index (χ4v) is 3.44. The fourth-order valence-electron chi connectivity index (χ4n) is 2.45. The minimum Gasteiger partial charge on any atom is -0.354 e. The van der Waals surface area contributed by atoms with Crippen molar-refractivity contribution in [3.05, 3.63) is 30.1 Å². The van der Waals surface area contributed by atoms with E-state index in [1.54, 1.807) is 19.3 Å². The smallest absolute Gasteiger partial charge is 0.354 e. The van der Waals surface area contributed by atoms with Crippen molar-refractivity contribution in [2.75, 3.05) is 20.1 Å². The van der Waals surface area contributed by atoms with E-state index in [0.29, 0.717) is 16.8 Å². The van der Waals surface area contributed by atoms with Crippen molar-refractivity contribution in [2.45, 2.75) is 30.9 Å². The van der Waals surface area contributed by atoms with Gasteiger partial charge in [-0.05, 0) is 25.0 Å². The number of hydrogen-bond acceptors (Lipinski definition) is 4. The number of piperidine rings is 1. The van der Waals surface area contributed by atoms with Gasteiger partial charge in [0, 0.05) is 32.4 Å². The van der Waals surface area contributed by atoms with Crippen molar-refractivity contribution in [3.63, 3.8) is 0 Å². The first-order chi connectivity index (χ1) is 11.7. The standard InChI is InChI=1S/C14H20F3N5O2S.HI/c1-18-13(20-10-12-4-2-3-7-19-12)21-11-5-8-22(9-6-11)25(23,24)14(15,16)17;/h2-4,7,11H,5-6,8-10H2,1H3,(H2,18,20,21);1H. The lowest BCUT2D eigenvalue weighted by molar-refractivity contribution is -0.0494. The summed E-state index contributed by atoms with van der Waals surface area (Å²) in [5.41, 5.74) is -4.44. The summed E-state index contributed by atoms with van der Waals surface area (Å²) in [6, 6.07) is 5.35. The van der Waals surface area contributed by atoms with Crippen LogP contribution in [-0.2, 0) is 16.6 Å². The summed E-state index contributed by atoms with van der Waals surface area (Å²) in [6.45, 7) is 0.0787. The molecule has 0 saturated carbocycles. The minimum absolute atomic E-state index is 0. The molecule has 2 N–H and O–H groups in total. The number of halogens is 4. The highest BCUT2D eigenvalue weighted by atomic mass is 127. The van der Waals surface area contributed by atoms with E-state index in [0.717, 1.165) is 5.69 Å². The van der Waals surface area contributed by atoms with Gasteiger partial charge < -0.3 is 10.6 Å². The van der Waals surface area contributed by atoms with E-state index in [-0.39, 0.29) is 55.9 Å². The second-order valence-corrected chi connectivity index (χ2v) is 7.44. The molecule has 0 bridgehead atoms. The lowest BCUT2D eigenvalue weighted by Crippen LogP contribution is -2.51. The van der Waals surface area contributed by atoms with Crippen LogP contribution < -0.4 is 10.6 Å². The van der Waals surface area contributed by atoms with Crippen LogP contribution >= 0.6 is 24.0 Å². The molecule has 0 amide bonds. The average Bonchev–Trinajstić information content (AvgIpc) is 2.59. The molecule has 1 aliphatic rings. The summed E-state index contributed by atoms with van der Waals surface area (Å²) < 4.78 is 60.9. The minimum atomic E-state index is -5.26. The SMILES string of the molecule is CN=C(NCc1ccccn1)NC1CCN(S(=O)(=O)C(F)(F)F)CC1.I. The Bertz CT molecular complexity index is 692. The van der Waals surface area contributed by atoms with Crippen LogP contribution in [0.25, 0.3) is 0 Å². The molecule has 1 aromatic rings. The molecular weight excluding hydrogens is 486 g/mol. The second kappa shape index (κ2) is 9.69. The Balaban J connectivity index is 0.00000338. The largest absolute Gasteiger partial charge is 0.511 e. The van der Waals surface area contributed by atoms with Gasteiger partial charge in [0.1, 0.15) is 0 Å². The van der Waals surface area contributed by atoms with Crippen molar-refractivity contribution in [3.8, 4) is 0 Å². The fraction of sp³-hybridized carbons (Fsp3) is 0.571. The number of nitrogens with one attached hydrogen (secondary N) is 2. The molecule has 7 nitrogen and oxygen atoms in total. The molecule has 12 heteroatoms. The van der Waals surface area contributed by atoms with Crippen LogP contribution in [0.5, 0.6) is 0 Å². The number of hydrogen-bond donors (Lipinski definition) is 2. The number of sulfonamides is 1. The third-order valence-electron chi connectivity index (χ3n) is 3.81. The van der Waals surface area contributed by atoms with Crippen molar-refractivity contribution in [2.24, 2.45) is 4.99 Å². The molecule has 0 aromatic carbocycles. The lowest BCUT2D eigenvalue weighted by atomic mass is 10.1. The van der Waals surface area contributed by atoms with Crippen molar-refractivity contribution < 1.29 is 21.6 Å². The summed E-state index contributed by atoms with van der Waals surface area (Å²) in [5.74, 6) is 0.489. The van der Waals surface area contributed by atoms with Crippen molar-refractivity contribution >= 4 is 40.0 Å². The van der Waals surface area contributed by atoms with Gasteiger partial charge in [-0.2, -0.15) is 17.5 Å². The van der Waals surface area contributed by atoms with Gasteiger partial charge in [0.05, 0.1) is 12.2 Å². The summed E-state index contributed by atoms with van der Waals surface area (Å²) in [6.07, 6.45) is 2.20. The predicted octanol–water partition coefficient (Wildman–Crippen LogP) is 1.68. The molecule has 1 aliphatic heterocycles. The quantitative estimate of drug-likeness (QED) is 0.368. The van der Waals surface area contributed by atoms with Crippen LogP contribution in [0.15, 0.2) is 29.4 Å². The van der Waals surface area contributed by atoms with Gasteiger partial charge in [0.15, 0.2) is 5.96 Å². The van der Waals surface area contributed by atoms with Crippen LogP contribution in [0, 0.1) is 0 Å². The molecule has 0 spiro atoms. The Morgan fingerprint density at radius 2 is 2.00 bits per heavy atom. The normalized spacial score (nSPS) is 17.5. The van der Waals surface area contributed by atoms with Crippen LogP contribution in [0.1, 0.15) is 18.5 Å². The Morgan fingerprint density at radius 3 is 2.50 bits per heavy atom. The molecule has 2 rings (SSSR count). The summed E-state index contributed by atoms with van der Waals surface area (Å²) in [5, 5.41) is 6.16. The van der Waals surface area contributed by atoms with E-state index in [9.17, 15) is 21.6 Å². The Labute approximate surface area is 167 Å². The van der Waals surface area contributed by atoms with Gasteiger partial charge >= 0.3 is 15.5 Å². The Morgan fingerprint density at radius 1 is 1.35 bits per heavy atom. The molecule has 148 valence electrons. The summed E-state index contributed by atoms with van der Waals surface area (Å²) in [7, 11) is -3.67. The number of aliphatic imine (C=N–C) groups is 1. The van der Waals surface area contributed by atoms with Crippen LogP contribution in [0.3, 0.4) is 0 Å². The topological polar surface area (TPSA) is 86.7 Å². The maximum Gasteiger partial charge on any atom is 0.511 e. The number of pyridine rings is 1. The molecule has 0 atom stereocenters. The lowest BCUT2D eigenvalue weighted by Gasteiger charge is -2.32. The van der Waals surface area contributed by atoms with E-state index in [4.69, 9.17) is 0 Å². The first kappa shape index (κ1) is 22.9. The highest BCUT2D eigenvalue weighted by Crippen LogP contribution is 2.28. The maximum atomic E-state index is 12.6. The third-order valence-corrected chi connectivity index (χ3v) is 5.44. The number of alkyl halides is 3. The second-order valence-electron chi connectivity index (χ2n) is 5.52. The molecule has 26 heavy (non-hydrogen) atoms. The van der Waals surface area contributed by atoms with E-state index in [2.05, 4.69) is 20.6 Å². The van der Waals surface area contributed by atoms with E-state index in [1.165, 1.54) is 0 Å². The Kier molecular flexibility index (Phi) is 8.53. The molecule has 2 heterocycles. The number of rotatable bonds is 4. The van der Waals surface area contributed by atoms with E-state index in [1.807, 2.05) is 12.1 Å². The van der Waals surface area contributed by atoms with E-state index < -0.39 is 15.5 Å². The Hall–Kier alpha value is -1.15. The zero-order chi connectivity index (χ0) is 18.5. The molecular formula is C14H21F3IN5O2S. The molecule has 0 aliphatic carbocycles. The summed E-state index contributed by atoms with van der Waals surface area (Å²) >= 11 is 0. The van der Waals surface area contributed by atoms with E-state index >= 15 is 0 Å². The predicted molar refractivity (Wildman–Crippen MR) is 103 cm³/mol. The number of guanidine groups is 1. The maximum absolute atomic E-state index is 12.6. The van der Waals surface area contributed by atoms with Gasteiger partial charge in [-0.25, -0.2) is 8.42 Å². The van der Waals surface area contributed by atoms with Gasteiger partial charge in [0.2, 0.25) is 0 Å². The average molecular weight is 507 g/mol. The third kappa shape index (κ3) is 5.94. The summed E-state index contributed by atoms with van der Waals surface area (Å²) in [4.78, 5) is 8.23. The molecule has 0 unspecified atom stereocenters. The highest BCUT2D eigenvalue weighted by molar-refractivity contribution is 14.0. The first-order valence-electron chi connectivity index (χ1n) is 7.67. The molecule has 0 radical (unpaired) electrons. The van der Waals surface area contributed by atoms with Crippen LogP contribution in [0.4, 0.5) is 13.2 Å². The van der Waals surface area contributed by atoms with Crippen molar-refractivity contribution in [1.82, 2.24) is 19.9 Å². The first-order valence-corrected chi connectivity index (χ1v) is 9.11. The number of nitrogens with zero attached hydrogens (tertiary/aromatic N) is 3. The van der Waals surface area contributed by atoms with Gasteiger partial charge in [-0.3, -0.25) is 9.98 Å². The van der Waals surface area contributed by atoms with Crippen LogP contribution in [0.2, 0.25) is 0 Å². The molecule has 1 aromatic heterocycles. The van der Waals surface area contributed by atoms with Gasteiger partial charge in [-0.1, -0.05) is 6.07 Å². The van der Waals surface area contributed by atoms with Gasteiger partial charge in [-0.15, -0.1) is 24.0 Å². The van der Waals surface area contributed by atoms with Crippen molar-refractivity contribution in [1.29, 1.82) is 0 Å². The highest BCUT2D eigenvalue weighted by Gasteiger charge is 2.50. The zero-order valence-corrected chi connectivity index (χ0v) is 17.2. The van der Waals surface area contributed by atoms with Gasteiger partial charge in [0.25, 0.3) is 0 Å². The molecule has 1 saturated heterocycles. The zero-order valence-electron chi connectivity index (χ0n) is 14.0. The molecule has 1 fully saturated rings.